The molecular formula is C8H14N2O2S. The van der Waals surface area contributed by atoms with Gasteiger partial charge in [-0.25, -0.2) is 0 Å². The molecule has 1 N–H and O–H groups in total. The third-order valence-corrected chi connectivity index (χ3v) is 2.30. The minimum Gasteiger partial charge on any atom is -0.355 e. The molecule has 0 aromatic heterocycles. The standard InChI is InChI=1S/C8H14N2O2S/c1-6(11)9-2-3-10-5-7(13)4-8(10)12/h7,13H,2-5H2,1H3,(H,9,11). The van der Waals surface area contributed by atoms with Crippen LogP contribution in [0.2, 0.25) is 0 Å². The van der Waals surface area contributed by atoms with Crippen molar-refractivity contribution in [3.8, 4) is 0 Å². The van der Waals surface area contributed by atoms with E-state index in [0.29, 0.717) is 26.1 Å². The lowest BCUT2D eigenvalue weighted by molar-refractivity contribution is -0.128. The second-order valence-electron chi connectivity index (χ2n) is 3.18. The van der Waals surface area contributed by atoms with Gasteiger partial charge in [0.1, 0.15) is 0 Å². The SMILES string of the molecule is CC(=O)NCCN1CC(S)CC1=O. The lowest BCUT2D eigenvalue weighted by Crippen LogP contribution is -2.34. The number of rotatable bonds is 3. The molecule has 4 nitrogen and oxygen atoms in total. The zero-order chi connectivity index (χ0) is 9.84. The van der Waals surface area contributed by atoms with Gasteiger partial charge in [-0.05, 0) is 0 Å². The Labute approximate surface area is 83.1 Å². The molecule has 1 atom stereocenters. The first-order chi connectivity index (χ1) is 6.09. The smallest absolute Gasteiger partial charge is 0.223 e. The van der Waals surface area contributed by atoms with E-state index in [2.05, 4.69) is 17.9 Å². The second kappa shape index (κ2) is 4.50. The molecule has 0 aromatic rings. The van der Waals surface area contributed by atoms with Crippen LogP contribution in [-0.2, 0) is 9.59 Å². The number of likely N-dealkylation sites (tertiary alicyclic amines) is 1. The van der Waals surface area contributed by atoms with Crippen molar-refractivity contribution >= 4 is 24.4 Å². The summed E-state index contributed by atoms with van der Waals surface area (Å²) in [6, 6.07) is 0. The average molecular weight is 202 g/mol. The first kappa shape index (κ1) is 10.4. The minimum absolute atomic E-state index is 0.0610. The van der Waals surface area contributed by atoms with Crippen LogP contribution in [0.5, 0.6) is 0 Å². The van der Waals surface area contributed by atoms with Gasteiger partial charge in [-0.15, -0.1) is 0 Å². The Kier molecular flexibility index (Phi) is 3.59. The third kappa shape index (κ3) is 3.26. The topological polar surface area (TPSA) is 49.4 Å². The van der Waals surface area contributed by atoms with Gasteiger partial charge in [-0.3, -0.25) is 9.59 Å². The van der Waals surface area contributed by atoms with Crippen molar-refractivity contribution in [1.29, 1.82) is 0 Å². The van der Waals surface area contributed by atoms with Gasteiger partial charge in [-0.1, -0.05) is 0 Å². The predicted octanol–water partition coefficient (Wildman–Crippen LogP) is -0.347. The average Bonchev–Trinajstić information content (AvgIpc) is 2.29. The van der Waals surface area contributed by atoms with Gasteiger partial charge in [0.25, 0.3) is 0 Å². The summed E-state index contributed by atoms with van der Waals surface area (Å²) in [7, 11) is 0. The maximum absolute atomic E-state index is 11.2. The molecule has 1 heterocycles. The molecule has 5 heteroatoms. The van der Waals surface area contributed by atoms with Gasteiger partial charge in [0.2, 0.25) is 11.8 Å². The van der Waals surface area contributed by atoms with Crippen LogP contribution in [0.1, 0.15) is 13.3 Å². The van der Waals surface area contributed by atoms with Crippen molar-refractivity contribution in [2.24, 2.45) is 0 Å². The summed E-state index contributed by atoms with van der Waals surface area (Å²) >= 11 is 4.22. The molecule has 1 fully saturated rings. The quantitative estimate of drug-likeness (QED) is 0.615. The van der Waals surface area contributed by atoms with Gasteiger partial charge in [0.15, 0.2) is 0 Å². The molecule has 1 unspecified atom stereocenters. The van der Waals surface area contributed by atoms with E-state index in [1.54, 1.807) is 4.90 Å². The van der Waals surface area contributed by atoms with Gasteiger partial charge in [-0.2, -0.15) is 12.6 Å². The van der Waals surface area contributed by atoms with Crippen LogP contribution >= 0.6 is 12.6 Å². The largest absolute Gasteiger partial charge is 0.355 e. The molecule has 0 bridgehead atoms. The molecule has 0 spiro atoms. The molecule has 0 aliphatic carbocycles. The Hall–Kier alpha value is -0.710. The van der Waals surface area contributed by atoms with Crippen LogP contribution in [0.25, 0.3) is 0 Å². The van der Waals surface area contributed by atoms with Crippen LogP contribution in [0, 0.1) is 0 Å². The fourth-order valence-electron chi connectivity index (χ4n) is 1.33. The van der Waals surface area contributed by atoms with Gasteiger partial charge in [0.05, 0.1) is 0 Å². The van der Waals surface area contributed by atoms with E-state index in [1.165, 1.54) is 6.92 Å². The number of carbonyl (C=O) groups is 2. The summed E-state index contributed by atoms with van der Waals surface area (Å²) in [5.41, 5.74) is 0. The highest BCUT2D eigenvalue weighted by atomic mass is 32.1. The summed E-state index contributed by atoms with van der Waals surface area (Å²) in [5, 5.41) is 2.81. The van der Waals surface area contributed by atoms with Crippen molar-refractivity contribution < 1.29 is 9.59 Å². The van der Waals surface area contributed by atoms with Crippen LogP contribution in [0.3, 0.4) is 0 Å². The molecule has 0 saturated carbocycles. The Morgan fingerprint density at radius 2 is 2.46 bits per heavy atom. The molecule has 1 rings (SSSR count). The van der Waals surface area contributed by atoms with Crippen molar-refractivity contribution in [2.45, 2.75) is 18.6 Å². The Bertz CT molecular complexity index is 220. The van der Waals surface area contributed by atoms with E-state index in [4.69, 9.17) is 0 Å². The molecule has 0 radical (unpaired) electrons. The van der Waals surface area contributed by atoms with Crippen LogP contribution < -0.4 is 5.32 Å². The number of thiol groups is 1. The van der Waals surface area contributed by atoms with Gasteiger partial charge >= 0.3 is 0 Å². The van der Waals surface area contributed by atoms with Crippen molar-refractivity contribution in [3.05, 3.63) is 0 Å². The van der Waals surface area contributed by atoms with E-state index in [1.807, 2.05) is 0 Å². The highest BCUT2D eigenvalue weighted by Gasteiger charge is 2.26. The second-order valence-corrected chi connectivity index (χ2v) is 3.91. The molecule has 74 valence electrons. The van der Waals surface area contributed by atoms with Crippen molar-refractivity contribution in [2.75, 3.05) is 19.6 Å². The minimum atomic E-state index is -0.0610. The monoisotopic (exact) mass is 202 g/mol. The number of hydrogen-bond donors (Lipinski definition) is 2. The summed E-state index contributed by atoms with van der Waals surface area (Å²) in [5.74, 6) is 0.0689. The van der Waals surface area contributed by atoms with E-state index in [0.717, 1.165) is 0 Å². The number of carbonyl (C=O) groups excluding carboxylic acids is 2. The predicted molar refractivity (Wildman–Crippen MR) is 52.7 cm³/mol. The molecule has 1 saturated heterocycles. The molecule has 0 aromatic carbocycles. The van der Waals surface area contributed by atoms with Crippen LogP contribution in [-0.4, -0.2) is 41.6 Å². The van der Waals surface area contributed by atoms with Crippen molar-refractivity contribution in [1.82, 2.24) is 10.2 Å². The molecule has 2 amide bonds. The molecule has 13 heavy (non-hydrogen) atoms. The summed E-state index contributed by atoms with van der Waals surface area (Å²) < 4.78 is 0. The number of hydrogen-bond acceptors (Lipinski definition) is 3. The maximum atomic E-state index is 11.2. The number of nitrogens with zero attached hydrogens (tertiary/aromatic N) is 1. The third-order valence-electron chi connectivity index (χ3n) is 1.95. The van der Waals surface area contributed by atoms with Crippen molar-refractivity contribution in [3.63, 3.8) is 0 Å². The highest BCUT2D eigenvalue weighted by molar-refractivity contribution is 7.81. The van der Waals surface area contributed by atoms with Crippen LogP contribution in [0.15, 0.2) is 0 Å². The van der Waals surface area contributed by atoms with E-state index in [-0.39, 0.29) is 17.1 Å². The summed E-state index contributed by atoms with van der Waals surface area (Å²) in [6.07, 6.45) is 0.517. The normalized spacial score (nSPS) is 22.2. The lowest BCUT2D eigenvalue weighted by atomic mass is 10.4. The van der Waals surface area contributed by atoms with E-state index >= 15 is 0 Å². The zero-order valence-corrected chi connectivity index (χ0v) is 8.51. The molecule has 1 aliphatic heterocycles. The first-order valence-electron chi connectivity index (χ1n) is 4.30. The summed E-state index contributed by atoms with van der Waals surface area (Å²) in [6.45, 7) is 3.28. The Morgan fingerprint density at radius 1 is 1.77 bits per heavy atom. The summed E-state index contributed by atoms with van der Waals surface area (Å²) in [4.78, 5) is 23.5. The Morgan fingerprint density at radius 3 is 2.92 bits per heavy atom. The fraction of sp³-hybridized carbons (Fsp3) is 0.750. The lowest BCUT2D eigenvalue weighted by Gasteiger charge is -2.15. The number of amides is 2. The van der Waals surface area contributed by atoms with Crippen LogP contribution in [0.4, 0.5) is 0 Å². The number of nitrogens with one attached hydrogen (secondary N) is 1. The molecule has 1 aliphatic rings. The fourth-order valence-corrected chi connectivity index (χ4v) is 1.69. The van der Waals surface area contributed by atoms with Gasteiger partial charge in [0, 0.05) is 38.2 Å². The van der Waals surface area contributed by atoms with Gasteiger partial charge < -0.3 is 10.2 Å². The zero-order valence-electron chi connectivity index (χ0n) is 7.62. The van der Waals surface area contributed by atoms with E-state index < -0.39 is 0 Å². The maximum Gasteiger partial charge on any atom is 0.223 e. The Balaban J connectivity index is 2.22. The highest BCUT2D eigenvalue weighted by Crippen LogP contribution is 2.14. The molecular weight excluding hydrogens is 188 g/mol. The first-order valence-corrected chi connectivity index (χ1v) is 4.81. The van der Waals surface area contributed by atoms with E-state index in [9.17, 15) is 9.59 Å².